The van der Waals surface area contributed by atoms with Crippen LogP contribution < -0.4 is 16.4 Å². The van der Waals surface area contributed by atoms with E-state index >= 15 is 0 Å². The summed E-state index contributed by atoms with van der Waals surface area (Å²) in [4.78, 5) is 11.6. The number of hydrogen-bond donors (Lipinski definition) is 3. The number of hydrogen-bond acceptors (Lipinski definition) is 3. The molecule has 1 heterocycles. The van der Waals surface area contributed by atoms with Crippen molar-refractivity contribution >= 4 is 17.3 Å². The van der Waals surface area contributed by atoms with Crippen molar-refractivity contribution in [2.24, 2.45) is 5.73 Å². The Morgan fingerprint density at radius 2 is 2.18 bits per heavy atom. The Balaban J connectivity index is 2.11. The van der Waals surface area contributed by atoms with Gasteiger partial charge in [0.15, 0.2) is 0 Å². The highest BCUT2D eigenvalue weighted by atomic mass is 16.2. The monoisotopic (exact) mass is 229 g/mol. The summed E-state index contributed by atoms with van der Waals surface area (Å²) in [6.07, 6.45) is 2.83. The quantitative estimate of drug-likeness (QED) is 0.589. The molecule has 3 rings (SSSR count). The predicted molar refractivity (Wildman–Crippen MR) is 67.8 cm³/mol. The van der Waals surface area contributed by atoms with E-state index in [1.54, 1.807) is 0 Å². The Hall–Kier alpha value is -1.81. The Morgan fingerprint density at radius 3 is 3.00 bits per heavy atom. The molecular formula is C13H15N3O. The summed E-state index contributed by atoms with van der Waals surface area (Å²) >= 11 is 0. The van der Waals surface area contributed by atoms with Crippen molar-refractivity contribution in [1.29, 1.82) is 0 Å². The van der Waals surface area contributed by atoms with Gasteiger partial charge in [-0.1, -0.05) is 12.6 Å². The van der Waals surface area contributed by atoms with Gasteiger partial charge in [-0.3, -0.25) is 4.79 Å². The van der Waals surface area contributed by atoms with Gasteiger partial charge >= 0.3 is 0 Å². The first-order chi connectivity index (χ1) is 8.15. The van der Waals surface area contributed by atoms with Gasteiger partial charge in [0.1, 0.15) is 0 Å². The standard InChI is InChI=1S/C13H15N3O/c1-7-13(17)16-12-10-6-9(14)4-2-8(10)3-5-11(12)15-7/h3,5,9,15H,1-2,4,6,14H2,(H,16,17). The van der Waals surface area contributed by atoms with Crippen LogP contribution in [0.3, 0.4) is 0 Å². The zero-order valence-corrected chi connectivity index (χ0v) is 9.55. The summed E-state index contributed by atoms with van der Waals surface area (Å²) < 4.78 is 0. The Kier molecular flexibility index (Phi) is 2.19. The molecule has 1 atom stereocenters. The molecule has 0 aromatic heterocycles. The maximum Gasteiger partial charge on any atom is 0.271 e. The number of carbonyl (C=O) groups is 1. The molecule has 1 aliphatic heterocycles. The second-order valence-corrected chi connectivity index (χ2v) is 4.69. The molecule has 4 nitrogen and oxygen atoms in total. The normalized spacial score (nSPS) is 22.3. The van der Waals surface area contributed by atoms with Crippen molar-refractivity contribution in [2.75, 3.05) is 10.6 Å². The first-order valence-electron chi connectivity index (χ1n) is 5.83. The van der Waals surface area contributed by atoms with Crippen molar-refractivity contribution < 1.29 is 4.79 Å². The number of rotatable bonds is 0. The molecule has 1 aliphatic carbocycles. The van der Waals surface area contributed by atoms with Crippen molar-refractivity contribution in [2.45, 2.75) is 25.3 Å². The average Bonchev–Trinajstić information content (AvgIpc) is 2.31. The third-order valence-corrected chi connectivity index (χ3v) is 3.46. The second-order valence-electron chi connectivity index (χ2n) is 4.69. The van der Waals surface area contributed by atoms with E-state index in [1.807, 2.05) is 6.07 Å². The van der Waals surface area contributed by atoms with E-state index in [9.17, 15) is 4.79 Å². The third kappa shape index (κ3) is 1.61. The van der Waals surface area contributed by atoms with E-state index in [2.05, 4.69) is 23.3 Å². The van der Waals surface area contributed by atoms with Crippen molar-refractivity contribution in [3.63, 3.8) is 0 Å². The second kappa shape index (κ2) is 3.60. The lowest BCUT2D eigenvalue weighted by Gasteiger charge is -2.29. The molecule has 1 unspecified atom stereocenters. The summed E-state index contributed by atoms with van der Waals surface area (Å²) in [6.45, 7) is 3.67. The van der Waals surface area contributed by atoms with Crippen LogP contribution in [0.1, 0.15) is 17.5 Å². The first-order valence-corrected chi connectivity index (χ1v) is 5.83. The van der Waals surface area contributed by atoms with Gasteiger partial charge in [-0.15, -0.1) is 0 Å². The fourth-order valence-electron chi connectivity index (χ4n) is 2.52. The molecule has 17 heavy (non-hydrogen) atoms. The summed E-state index contributed by atoms with van der Waals surface area (Å²) in [5, 5.41) is 5.93. The number of nitrogens with two attached hydrogens (primary N) is 1. The lowest BCUT2D eigenvalue weighted by Crippen LogP contribution is -2.31. The van der Waals surface area contributed by atoms with E-state index < -0.39 is 0 Å². The number of carbonyl (C=O) groups excluding carboxylic acids is 1. The molecule has 0 saturated carbocycles. The molecule has 1 amide bonds. The van der Waals surface area contributed by atoms with E-state index in [1.165, 1.54) is 11.1 Å². The number of benzene rings is 1. The zero-order valence-electron chi connectivity index (χ0n) is 9.55. The molecule has 0 fully saturated rings. The van der Waals surface area contributed by atoms with E-state index in [0.717, 1.165) is 30.6 Å². The highest BCUT2D eigenvalue weighted by Gasteiger charge is 2.25. The minimum absolute atomic E-state index is 0.162. The molecular weight excluding hydrogens is 214 g/mol. The fraction of sp³-hybridized carbons (Fsp3) is 0.308. The van der Waals surface area contributed by atoms with Gasteiger partial charge in [-0.05, 0) is 36.5 Å². The van der Waals surface area contributed by atoms with Crippen LogP contribution in [0.4, 0.5) is 11.4 Å². The van der Waals surface area contributed by atoms with Crippen LogP contribution in [0.15, 0.2) is 24.4 Å². The van der Waals surface area contributed by atoms with Gasteiger partial charge in [0.2, 0.25) is 0 Å². The first kappa shape index (κ1) is 10.4. The molecule has 2 aliphatic rings. The van der Waals surface area contributed by atoms with Gasteiger partial charge in [0.25, 0.3) is 5.91 Å². The Morgan fingerprint density at radius 1 is 1.35 bits per heavy atom. The highest BCUT2D eigenvalue weighted by Crippen LogP contribution is 2.36. The molecule has 1 aromatic rings. The average molecular weight is 229 g/mol. The number of amides is 1. The number of nitrogens with one attached hydrogen (secondary N) is 2. The fourth-order valence-corrected chi connectivity index (χ4v) is 2.52. The maximum absolute atomic E-state index is 11.6. The van der Waals surface area contributed by atoms with Gasteiger partial charge in [-0.25, -0.2) is 0 Å². The SMILES string of the molecule is C=C1Nc2ccc3c(c2NC1=O)CC(N)CC3. The topological polar surface area (TPSA) is 67.1 Å². The number of fused-ring (bicyclic) bond motifs is 3. The molecule has 4 N–H and O–H groups in total. The third-order valence-electron chi connectivity index (χ3n) is 3.46. The van der Waals surface area contributed by atoms with E-state index in [4.69, 9.17) is 5.73 Å². The zero-order chi connectivity index (χ0) is 12.0. The lowest BCUT2D eigenvalue weighted by atomic mass is 9.86. The summed E-state index contributed by atoms with van der Waals surface area (Å²) in [5.41, 5.74) is 10.7. The highest BCUT2D eigenvalue weighted by molar-refractivity contribution is 6.11. The minimum atomic E-state index is -0.162. The number of anilines is 2. The van der Waals surface area contributed by atoms with Crippen LogP contribution in [0.2, 0.25) is 0 Å². The van der Waals surface area contributed by atoms with Crippen LogP contribution in [-0.2, 0) is 17.6 Å². The van der Waals surface area contributed by atoms with Gasteiger partial charge in [0, 0.05) is 6.04 Å². The molecule has 0 spiro atoms. The Labute approximate surface area is 99.9 Å². The van der Waals surface area contributed by atoms with Crippen LogP contribution in [0, 0.1) is 0 Å². The minimum Gasteiger partial charge on any atom is -0.350 e. The predicted octanol–water partition coefficient (Wildman–Crippen LogP) is 1.38. The van der Waals surface area contributed by atoms with Crippen LogP contribution in [0.25, 0.3) is 0 Å². The van der Waals surface area contributed by atoms with Crippen LogP contribution >= 0.6 is 0 Å². The van der Waals surface area contributed by atoms with Crippen molar-refractivity contribution in [3.05, 3.63) is 35.5 Å². The molecule has 0 saturated heterocycles. The van der Waals surface area contributed by atoms with Crippen molar-refractivity contribution in [1.82, 2.24) is 0 Å². The van der Waals surface area contributed by atoms with E-state index in [0.29, 0.717) is 5.70 Å². The van der Waals surface area contributed by atoms with Crippen LogP contribution in [0.5, 0.6) is 0 Å². The van der Waals surface area contributed by atoms with Gasteiger partial charge in [-0.2, -0.15) is 0 Å². The maximum atomic E-state index is 11.6. The Bertz CT molecular complexity index is 522. The summed E-state index contributed by atoms with van der Waals surface area (Å²) in [7, 11) is 0. The largest absolute Gasteiger partial charge is 0.350 e. The lowest BCUT2D eigenvalue weighted by molar-refractivity contribution is -0.112. The van der Waals surface area contributed by atoms with Crippen molar-refractivity contribution in [3.8, 4) is 0 Å². The molecule has 88 valence electrons. The van der Waals surface area contributed by atoms with Gasteiger partial charge in [0.05, 0.1) is 17.1 Å². The smallest absolute Gasteiger partial charge is 0.271 e. The summed E-state index contributed by atoms with van der Waals surface area (Å²) in [5.74, 6) is -0.162. The summed E-state index contributed by atoms with van der Waals surface area (Å²) in [6, 6.07) is 4.30. The van der Waals surface area contributed by atoms with Gasteiger partial charge < -0.3 is 16.4 Å². The number of aryl methyl sites for hydroxylation is 1. The molecule has 4 heteroatoms. The molecule has 1 aromatic carbocycles. The molecule has 0 radical (unpaired) electrons. The van der Waals surface area contributed by atoms with E-state index in [-0.39, 0.29) is 11.9 Å². The van der Waals surface area contributed by atoms with Crippen LogP contribution in [-0.4, -0.2) is 11.9 Å². The molecule has 0 bridgehead atoms.